The summed E-state index contributed by atoms with van der Waals surface area (Å²) in [5, 5.41) is 38.2. The molecule has 6 aromatic carbocycles. The molecule has 11 aromatic rings. The first kappa shape index (κ1) is 94.2. The largest absolute Gasteiger partial charge is 0.468 e. The monoisotopic (exact) mass is 1710 g/mol. The molecule has 4 N–H and O–H groups in total. The fourth-order valence-corrected chi connectivity index (χ4v) is 14.6. The molecule has 118 heavy (non-hydrogen) atoms. The van der Waals surface area contributed by atoms with Crippen molar-refractivity contribution in [3.8, 4) is 46.6 Å². The van der Waals surface area contributed by atoms with Crippen molar-refractivity contribution >= 4 is 86.7 Å². The third-order valence-corrected chi connectivity index (χ3v) is 21.7. The van der Waals surface area contributed by atoms with E-state index in [2.05, 4.69) is 33.5 Å². The number of aromatic nitrogens is 10. The number of rotatable bonds is 17. The minimum atomic E-state index is -4.67. The number of carbonyl (C=O) groups excluding carboxylic acids is 5. The van der Waals surface area contributed by atoms with Gasteiger partial charge in [-0.2, -0.15) is 45.3 Å². The number of aryl methyl sites for hydroxylation is 1. The van der Waals surface area contributed by atoms with Crippen LogP contribution in [0.5, 0.6) is 0 Å². The Bertz CT molecular complexity index is 6090. The van der Waals surface area contributed by atoms with Crippen LogP contribution in [0, 0.1) is 75.5 Å². The number of aldehydes is 1. The normalized spacial score (nSPS) is 12.8. The Hall–Kier alpha value is -12.6. The number of ether oxygens (including phenoxy) is 2. The number of hydrogen-bond donors (Lipinski definition) is 5. The van der Waals surface area contributed by atoms with Crippen LogP contribution in [0.2, 0.25) is 0 Å². The number of nitriles is 3. The molecule has 12 rings (SSSR count). The van der Waals surface area contributed by atoms with E-state index in [4.69, 9.17) is 27.0 Å². The first-order valence-corrected chi connectivity index (χ1v) is 40.4. The maximum Gasteiger partial charge on any atom is 0.394 e. The molecule has 0 bridgehead atoms. The van der Waals surface area contributed by atoms with Crippen LogP contribution in [0.25, 0.3) is 28.4 Å². The number of aliphatic hydroxyl groups is 1. The van der Waals surface area contributed by atoms with Gasteiger partial charge in [-0.25, -0.2) is 27.6 Å². The second-order valence-electron chi connectivity index (χ2n) is 25.1. The van der Waals surface area contributed by atoms with E-state index < -0.39 is 60.7 Å². The van der Waals surface area contributed by atoms with Gasteiger partial charge in [-0.05, 0) is 114 Å². The molecule has 1 aliphatic rings. The van der Waals surface area contributed by atoms with E-state index in [9.17, 15) is 72.0 Å². The smallest absolute Gasteiger partial charge is 0.394 e. The number of imide groups is 1. The number of benzene rings is 6. The Morgan fingerprint density at radius 1 is 0.525 bits per heavy atom. The lowest BCUT2D eigenvalue weighted by atomic mass is 10.1. The molecule has 6 heterocycles. The van der Waals surface area contributed by atoms with Crippen LogP contribution in [0.1, 0.15) is 89.4 Å². The molecule has 0 saturated carbocycles. The number of aliphatic hydroxyl groups excluding tert-OH is 1. The van der Waals surface area contributed by atoms with Gasteiger partial charge < -0.3 is 14.6 Å². The van der Waals surface area contributed by atoms with E-state index in [1.54, 1.807) is 154 Å². The molecule has 4 unspecified atom stereocenters. The summed E-state index contributed by atoms with van der Waals surface area (Å²) < 4.78 is 86.3. The highest BCUT2D eigenvalue weighted by atomic mass is 32.3. The average Bonchev–Trinajstić information content (AvgIpc) is 1.63. The van der Waals surface area contributed by atoms with Gasteiger partial charge in [0.05, 0.1) is 99.2 Å². The zero-order valence-corrected chi connectivity index (χ0v) is 70.1. The van der Waals surface area contributed by atoms with Crippen LogP contribution in [-0.2, 0) is 88.6 Å². The second-order valence-corrected chi connectivity index (χ2v) is 30.1. The van der Waals surface area contributed by atoms with Gasteiger partial charge in [0.25, 0.3) is 37.9 Å². The maximum atomic E-state index is 13.0. The predicted octanol–water partition coefficient (Wildman–Crippen LogP) is 7.41. The summed E-state index contributed by atoms with van der Waals surface area (Å²) in [5.74, 6) is -1.10. The predicted molar refractivity (Wildman–Crippen MR) is 444 cm³/mol. The molecule has 1 aliphatic heterocycles. The number of thiol groups is 1. The van der Waals surface area contributed by atoms with Crippen LogP contribution in [0.15, 0.2) is 205 Å². The number of methoxy groups -OCH3 is 2. The highest BCUT2D eigenvalue weighted by molar-refractivity contribution is 8.01. The molecule has 1 fully saturated rings. The summed E-state index contributed by atoms with van der Waals surface area (Å²) in [6, 6.07) is 57.3. The summed E-state index contributed by atoms with van der Waals surface area (Å²) in [7, 11) is 2.43. The maximum absolute atomic E-state index is 13.0. The van der Waals surface area contributed by atoms with Crippen LogP contribution in [0.4, 0.5) is 0 Å². The lowest BCUT2D eigenvalue weighted by molar-refractivity contribution is -0.138. The minimum Gasteiger partial charge on any atom is -0.468 e. The molecule has 0 spiro atoms. The van der Waals surface area contributed by atoms with E-state index in [0.29, 0.717) is 51.6 Å². The summed E-state index contributed by atoms with van der Waals surface area (Å²) in [5.41, 5.74) is 7.06. The molecule has 4 atom stereocenters. The molecule has 5 aromatic heterocycles. The van der Waals surface area contributed by atoms with Gasteiger partial charge in [0.1, 0.15) is 22.1 Å². The van der Waals surface area contributed by atoms with Crippen LogP contribution < -0.4 is 33.1 Å². The summed E-state index contributed by atoms with van der Waals surface area (Å²) >= 11 is 5.90. The van der Waals surface area contributed by atoms with E-state index >= 15 is 0 Å². The standard InChI is InChI=1S/C20H19N3O4S.C16H17N3O3S.C15H15N3O3S.C13H13N3O2.C12H12N2O2.C3H6O2S.H2O4S/c1-14-9-11-17(12-10-14)28(25,26)27-18(13-21)19-15(2)22(3)23(20(19)24)16-7-5-4-6-8-16;1-11-15(13(9-17)23-10-14(20)22-3)16(21)19(18(11)2)12-7-5-4-6-8-12;1-9-12(13-14(20)16-11(19)8-22-13)15(21)18(17(9)2)10-6-4-3-5-7-10;1-9-12(11(17)8-14)13(18)16(15(9)2)10-6-4-3-5-7-10;1-9-11(8-15)12(16)14(13(9)2)10-6-4-3-5-7-10;1-5-3(4)2-6;1-5(2,3)4/h4-12,18H,1-3H3;4-8,13H,10H2,1-3H3;3-7,13H,8H2,1-2H3,(H,16,19,20);3-7,11,17H,1-2H3;3-8H,1-2H3;6H,2H2,1H3;(H2,1,2,3,4). The lowest BCUT2D eigenvalue weighted by Crippen LogP contribution is -2.41. The van der Waals surface area contributed by atoms with Crippen molar-refractivity contribution in [2.75, 3.05) is 31.5 Å². The molecule has 0 radical (unpaired) electrons. The molecule has 1 saturated heterocycles. The fraction of sp³-hybridized carbons (Fsp3) is 0.253. The van der Waals surface area contributed by atoms with Crippen LogP contribution in [0.3, 0.4) is 0 Å². The topological polar surface area (TPSA) is 460 Å². The van der Waals surface area contributed by atoms with Gasteiger partial charge in [0, 0.05) is 63.7 Å². The Balaban J connectivity index is 0.000000224. The number of nitrogens with zero attached hydrogens (tertiary/aromatic N) is 13. The lowest BCUT2D eigenvalue weighted by Gasteiger charge is -2.19. The van der Waals surface area contributed by atoms with Crippen molar-refractivity contribution in [3.63, 3.8) is 0 Å². The Kier molecular flexibility index (Phi) is 34.2. The molecule has 620 valence electrons. The Morgan fingerprint density at radius 2 is 0.881 bits per heavy atom. The van der Waals surface area contributed by atoms with Crippen molar-refractivity contribution in [2.24, 2.45) is 35.2 Å². The fourth-order valence-electron chi connectivity index (χ4n) is 11.5. The van der Waals surface area contributed by atoms with Gasteiger partial charge in [-0.3, -0.25) is 85.8 Å². The summed E-state index contributed by atoms with van der Waals surface area (Å²) in [4.78, 5) is 118. The van der Waals surface area contributed by atoms with Gasteiger partial charge >= 0.3 is 22.3 Å². The van der Waals surface area contributed by atoms with E-state index in [1.165, 1.54) is 61.5 Å². The zero-order chi connectivity index (χ0) is 87.8. The highest BCUT2D eigenvalue weighted by Crippen LogP contribution is 2.33. The molecule has 34 nitrogen and oxygen atoms in total. The highest BCUT2D eigenvalue weighted by Gasteiger charge is 2.35. The number of para-hydroxylation sites is 5. The van der Waals surface area contributed by atoms with E-state index in [0.717, 1.165) is 40.1 Å². The number of amides is 2. The molecular weight excluding hydrogens is 1630 g/mol. The number of carbonyl (C=O) groups is 5. The van der Waals surface area contributed by atoms with Crippen molar-refractivity contribution in [1.82, 2.24) is 52.1 Å². The van der Waals surface area contributed by atoms with Gasteiger partial charge in [0.15, 0.2) is 18.5 Å². The van der Waals surface area contributed by atoms with Gasteiger partial charge in [0.2, 0.25) is 11.8 Å². The van der Waals surface area contributed by atoms with Crippen molar-refractivity contribution in [1.29, 1.82) is 15.8 Å². The Morgan fingerprint density at radius 3 is 1.23 bits per heavy atom. The van der Waals surface area contributed by atoms with Crippen molar-refractivity contribution in [2.45, 2.75) is 69.1 Å². The molecule has 39 heteroatoms. The van der Waals surface area contributed by atoms with Crippen LogP contribution >= 0.6 is 36.2 Å². The second kappa shape index (κ2) is 42.8. The Labute approximate surface area is 691 Å². The first-order valence-electron chi connectivity index (χ1n) is 34.9. The third-order valence-electron chi connectivity index (χ3n) is 17.9. The van der Waals surface area contributed by atoms with Gasteiger partial charge in [-0.1, -0.05) is 109 Å². The minimum absolute atomic E-state index is 0.00969. The quantitative estimate of drug-likeness (QED) is 0.0113. The number of hydrogen-bond acceptors (Lipinski definition) is 24. The SMILES string of the molecule is COC(=O)CS.COC(=O)CSC(C#N)c1c(C)n(C)n(-c2ccccc2)c1=O.Cc1c(C(O)C#N)c(=O)n(-c2ccccc2)n1C.Cc1c(C2SCC(=O)NC2=O)c(=O)n(-c2ccccc2)n1C.Cc1c(C=O)c(=O)n(-c2ccccc2)n1C.Cc1ccc(S(=O)(=O)OC(C#N)c2c(C)n(C)n(-c3ccccc3)c2=O)cc1.O=S(=O)(O)O. The molecule has 0 aliphatic carbocycles. The number of esters is 2. The number of thioether (sulfide) groups is 2. The van der Waals surface area contributed by atoms with E-state index in [-0.39, 0.29) is 73.0 Å². The van der Waals surface area contributed by atoms with Crippen molar-refractivity contribution in [3.05, 3.63) is 290 Å². The number of nitrogens with one attached hydrogen (secondary N) is 1. The first-order chi connectivity index (χ1) is 55.8. The van der Waals surface area contributed by atoms with E-state index in [1.807, 2.05) is 122 Å². The van der Waals surface area contributed by atoms with Crippen molar-refractivity contribution < 1.29 is 68.7 Å². The average molecular weight is 1710 g/mol. The van der Waals surface area contributed by atoms with Gasteiger partial charge in [-0.15, -0.1) is 23.5 Å². The molecular formula is C79H84N14O20S5. The third kappa shape index (κ3) is 23.1. The van der Waals surface area contributed by atoms with Crippen LogP contribution in [-0.4, -0.2) is 139 Å². The zero-order valence-electron chi connectivity index (χ0n) is 65.9. The summed E-state index contributed by atoms with van der Waals surface area (Å²) in [6.07, 6.45) is -2.35. The molecule has 2 amide bonds. The summed E-state index contributed by atoms with van der Waals surface area (Å²) in [6.45, 7) is 10.5.